The quantitative estimate of drug-likeness (QED) is 0.306. The normalized spacial score (nSPS) is 12.5. The summed E-state index contributed by atoms with van der Waals surface area (Å²) in [5, 5.41) is 0.433. The minimum Gasteiger partial charge on any atom is -0.495 e. The third-order valence-corrected chi connectivity index (χ3v) is 6.58. The first-order valence-electron chi connectivity index (χ1n) is 10.5. The fourth-order valence-corrected chi connectivity index (χ4v) is 4.61. The molecule has 11 heteroatoms. The molecule has 0 aliphatic carbocycles. The Morgan fingerprint density at radius 3 is 2.47 bits per heavy atom. The molecule has 8 nitrogen and oxygen atoms in total. The highest BCUT2D eigenvalue weighted by molar-refractivity contribution is 7.93. The Kier molecular flexibility index (Phi) is 6.93. The Morgan fingerprint density at radius 2 is 1.78 bits per heavy atom. The van der Waals surface area contributed by atoms with E-state index in [-0.39, 0.29) is 11.4 Å². The van der Waals surface area contributed by atoms with Crippen molar-refractivity contribution in [1.29, 1.82) is 0 Å². The fourth-order valence-electron chi connectivity index (χ4n) is 3.52. The Hall–Kier alpha value is -4.38. The molecule has 1 unspecified atom stereocenters. The van der Waals surface area contributed by atoms with E-state index in [9.17, 15) is 22.0 Å². The summed E-state index contributed by atoms with van der Waals surface area (Å²) in [6.07, 6.45) is 1.38. The molecular weight excluding hydrogens is 492 g/mol. The smallest absolute Gasteiger partial charge is 0.406 e. The fraction of sp³-hybridized carbons (Fsp3) is 0.0800. The maximum absolute atomic E-state index is 13.6. The van der Waals surface area contributed by atoms with Gasteiger partial charge in [0.15, 0.2) is 11.6 Å². The van der Waals surface area contributed by atoms with Crippen molar-refractivity contribution in [3.63, 3.8) is 0 Å². The van der Waals surface area contributed by atoms with Crippen molar-refractivity contribution in [3.8, 4) is 17.0 Å². The number of amides is 1. The summed E-state index contributed by atoms with van der Waals surface area (Å²) < 4.78 is 66.0. The molecule has 0 saturated carbocycles. The highest BCUT2D eigenvalue weighted by atomic mass is 32.2. The van der Waals surface area contributed by atoms with E-state index >= 15 is 0 Å². The number of hydrogen-bond acceptors (Lipinski definition) is 5. The number of halogens is 2. The second-order valence-corrected chi connectivity index (χ2v) is 9.43. The zero-order valence-electron chi connectivity index (χ0n) is 18.9. The van der Waals surface area contributed by atoms with Gasteiger partial charge in [-0.1, -0.05) is 36.4 Å². The lowest BCUT2D eigenvalue weighted by molar-refractivity contribution is 0.156. The van der Waals surface area contributed by atoms with E-state index in [4.69, 9.17) is 15.2 Å². The van der Waals surface area contributed by atoms with Crippen LogP contribution in [-0.2, 0) is 14.8 Å². The summed E-state index contributed by atoms with van der Waals surface area (Å²) in [7, 11) is -3.00. The number of aromatic amines is 1. The van der Waals surface area contributed by atoms with Crippen molar-refractivity contribution in [2.45, 2.75) is 5.44 Å². The number of anilines is 1. The molecule has 0 radical (unpaired) electrons. The van der Waals surface area contributed by atoms with Crippen LogP contribution in [0.25, 0.3) is 28.2 Å². The number of carbonyl (C=O) groups is 1. The summed E-state index contributed by atoms with van der Waals surface area (Å²) >= 11 is 0. The number of nitrogens with two attached hydrogens (primary N) is 1. The second-order valence-electron chi connectivity index (χ2n) is 7.67. The lowest BCUT2D eigenvalue weighted by atomic mass is 10.1. The predicted octanol–water partition coefficient (Wildman–Crippen LogP) is 5.00. The molecule has 1 amide bonds. The van der Waals surface area contributed by atoms with Gasteiger partial charge in [0.05, 0.1) is 12.8 Å². The molecule has 4 aromatic rings. The number of aromatic nitrogens is 1. The minimum absolute atomic E-state index is 0.0391. The number of carbonyl (C=O) groups excluding carboxylic acids is 1. The number of nitrogens with one attached hydrogen (secondary N) is 2. The van der Waals surface area contributed by atoms with Gasteiger partial charge >= 0.3 is 6.09 Å². The monoisotopic (exact) mass is 513 g/mol. The Labute approximate surface area is 205 Å². The van der Waals surface area contributed by atoms with Gasteiger partial charge < -0.3 is 20.2 Å². The van der Waals surface area contributed by atoms with Crippen LogP contribution in [-0.4, -0.2) is 32.0 Å². The zero-order valence-corrected chi connectivity index (χ0v) is 19.7. The van der Waals surface area contributed by atoms with E-state index in [0.29, 0.717) is 27.7 Å². The average molecular weight is 514 g/mol. The number of methoxy groups -OCH3 is 1. The third-order valence-electron chi connectivity index (χ3n) is 5.21. The number of primary amides is 1. The summed E-state index contributed by atoms with van der Waals surface area (Å²) in [5.41, 5.74) is 5.41. The van der Waals surface area contributed by atoms with Crippen LogP contribution in [0.3, 0.4) is 0 Å². The first kappa shape index (κ1) is 24.7. The molecule has 0 saturated heterocycles. The molecule has 0 spiro atoms. The molecule has 1 atom stereocenters. The third kappa shape index (κ3) is 5.47. The molecule has 4 rings (SSSR count). The highest BCUT2D eigenvalue weighted by Gasteiger charge is 2.27. The van der Waals surface area contributed by atoms with E-state index in [1.807, 2.05) is 0 Å². The maximum atomic E-state index is 13.6. The summed E-state index contributed by atoms with van der Waals surface area (Å²) in [6.45, 7) is 0. The second kappa shape index (κ2) is 10.1. The Bertz CT molecular complexity index is 1510. The molecule has 3 aromatic carbocycles. The predicted molar refractivity (Wildman–Crippen MR) is 133 cm³/mol. The van der Waals surface area contributed by atoms with Crippen LogP contribution in [0.4, 0.5) is 19.3 Å². The minimum atomic E-state index is -4.36. The van der Waals surface area contributed by atoms with Crippen molar-refractivity contribution in [2.24, 2.45) is 5.73 Å². The first-order valence-corrected chi connectivity index (χ1v) is 12.1. The highest BCUT2D eigenvalue weighted by Crippen LogP contribution is 2.33. The largest absolute Gasteiger partial charge is 0.495 e. The standard InChI is InChI=1S/C25H21F2N3O5S/c1-34-23-9-8-16(20-13-17-11-18(26)19(27)14-21(17)29-20)12-22(23)30-36(32,33)24(35-25(28)31)10-7-15-5-3-2-4-6-15/h2-14,24,29-30H,1H3,(H2,28,31). The van der Waals surface area contributed by atoms with Crippen LogP contribution in [0.5, 0.6) is 5.75 Å². The van der Waals surface area contributed by atoms with Gasteiger partial charge in [0.1, 0.15) is 5.75 Å². The molecule has 1 aromatic heterocycles. The van der Waals surface area contributed by atoms with Crippen LogP contribution >= 0.6 is 0 Å². The van der Waals surface area contributed by atoms with Gasteiger partial charge in [-0.2, -0.15) is 0 Å². The topological polar surface area (TPSA) is 124 Å². The molecule has 4 N–H and O–H groups in total. The number of fused-ring (bicyclic) bond motifs is 1. The van der Waals surface area contributed by atoms with Gasteiger partial charge in [0, 0.05) is 28.2 Å². The lowest BCUT2D eigenvalue weighted by Gasteiger charge is -2.17. The van der Waals surface area contributed by atoms with Crippen molar-refractivity contribution in [3.05, 3.63) is 90.0 Å². The van der Waals surface area contributed by atoms with Crippen LogP contribution in [0, 0.1) is 11.6 Å². The first-order chi connectivity index (χ1) is 17.2. The van der Waals surface area contributed by atoms with Crippen LogP contribution in [0.2, 0.25) is 0 Å². The molecule has 186 valence electrons. The van der Waals surface area contributed by atoms with E-state index in [0.717, 1.165) is 12.1 Å². The number of H-pyrrole nitrogens is 1. The summed E-state index contributed by atoms with van der Waals surface area (Å²) in [5.74, 6) is -1.80. The number of hydrogen-bond donors (Lipinski definition) is 3. The number of benzene rings is 3. The summed E-state index contributed by atoms with van der Waals surface area (Å²) in [6, 6.07) is 17.1. The molecule has 0 bridgehead atoms. The van der Waals surface area contributed by atoms with E-state index < -0.39 is 33.2 Å². The molecule has 1 heterocycles. The lowest BCUT2D eigenvalue weighted by Crippen LogP contribution is -2.32. The molecule has 0 aliphatic heterocycles. The van der Waals surface area contributed by atoms with E-state index in [1.165, 1.54) is 31.4 Å². The van der Waals surface area contributed by atoms with E-state index in [1.54, 1.807) is 42.5 Å². The number of rotatable bonds is 8. The molecule has 0 fully saturated rings. The SMILES string of the molecule is COc1ccc(-c2cc3cc(F)c(F)cc3[nH]2)cc1NS(=O)(=O)C(C=Cc1ccccc1)OC(N)=O. The van der Waals surface area contributed by atoms with Crippen LogP contribution in [0.1, 0.15) is 5.56 Å². The summed E-state index contributed by atoms with van der Waals surface area (Å²) in [4.78, 5) is 14.4. The zero-order chi connectivity index (χ0) is 25.9. The van der Waals surface area contributed by atoms with Gasteiger partial charge in [-0.05, 0) is 42.0 Å². The van der Waals surface area contributed by atoms with Gasteiger partial charge in [-0.3, -0.25) is 4.72 Å². The van der Waals surface area contributed by atoms with Crippen molar-refractivity contribution >= 4 is 38.8 Å². The molecular formula is C25H21F2N3O5S. The van der Waals surface area contributed by atoms with Gasteiger partial charge in [0.25, 0.3) is 10.0 Å². The number of sulfonamides is 1. The Morgan fingerprint density at radius 1 is 1.06 bits per heavy atom. The maximum Gasteiger partial charge on any atom is 0.406 e. The van der Waals surface area contributed by atoms with Crippen molar-refractivity contribution in [1.82, 2.24) is 4.98 Å². The van der Waals surface area contributed by atoms with Crippen molar-refractivity contribution < 1.29 is 31.5 Å². The molecule has 36 heavy (non-hydrogen) atoms. The van der Waals surface area contributed by atoms with E-state index in [2.05, 4.69) is 9.71 Å². The van der Waals surface area contributed by atoms with Gasteiger partial charge in [0.2, 0.25) is 5.44 Å². The Balaban J connectivity index is 1.68. The molecule has 0 aliphatic rings. The van der Waals surface area contributed by atoms with Crippen LogP contribution < -0.4 is 15.2 Å². The van der Waals surface area contributed by atoms with Crippen molar-refractivity contribution in [2.75, 3.05) is 11.8 Å². The van der Waals surface area contributed by atoms with Crippen LogP contribution in [0.15, 0.2) is 72.8 Å². The average Bonchev–Trinajstić information content (AvgIpc) is 3.24. The van der Waals surface area contributed by atoms with Gasteiger partial charge in [-0.25, -0.2) is 22.0 Å². The number of ether oxygens (including phenoxy) is 2. The van der Waals surface area contributed by atoms with Gasteiger partial charge in [-0.15, -0.1) is 0 Å².